The highest BCUT2D eigenvalue weighted by Crippen LogP contribution is 2.22. The van der Waals surface area contributed by atoms with Crippen LogP contribution >= 0.6 is 0 Å². The van der Waals surface area contributed by atoms with Gasteiger partial charge in [0.15, 0.2) is 0 Å². The fourth-order valence-electron chi connectivity index (χ4n) is 2.10. The van der Waals surface area contributed by atoms with Gasteiger partial charge in [-0.05, 0) is 19.3 Å². The third-order valence-corrected chi connectivity index (χ3v) is 5.67. The molecule has 0 aliphatic heterocycles. The summed E-state index contributed by atoms with van der Waals surface area (Å²) in [5.41, 5.74) is 0. The van der Waals surface area contributed by atoms with E-state index in [2.05, 4.69) is 39.2 Å². The van der Waals surface area contributed by atoms with Crippen molar-refractivity contribution in [3.05, 3.63) is 23.9 Å². The van der Waals surface area contributed by atoms with E-state index in [0.29, 0.717) is 0 Å². The Kier molecular flexibility index (Phi) is 9.53. The van der Waals surface area contributed by atoms with Gasteiger partial charge in [-0.2, -0.15) is 0 Å². The standard InChI is InChI=1S/C16H32Si/c1-6-8-10-11-12-13-15-16(14-9-7-2)17(3,4)5/h7,14H,2,6,8-13,15H2,1,3-5H3/b16-14-. The molecule has 0 amide bonds. The summed E-state index contributed by atoms with van der Waals surface area (Å²) in [6, 6.07) is 0. The van der Waals surface area contributed by atoms with Crippen LogP contribution in [0.4, 0.5) is 0 Å². The zero-order valence-electron chi connectivity index (χ0n) is 12.5. The van der Waals surface area contributed by atoms with Gasteiger partial charge in [0.25, 0.3) is 0 Å². The minimum absolute atomic E-state index is 1.05. The van der Waals surface area contributed by atoms with Crippen LogP contribution < -0.4 is 0 Å². The fraction of sp³-hybridized carbons (Fsp3) is 0.750. The zero-order chi connectivity index (χ0) is 13.1. The molecule has 1 heteroatoms. The number of hydrogen-bond donors (Lipinski definition) is 0. The van der Waals surface area contributed by atoms with Crippen molar-refractivity contribution in [2.45, 2.75) is 77.9 Å². The number of rotatable bonds is 10. The molecule has 0 saturated carbocycles. The molecule has 0 aliphatic carbocycles. The van der Waals surface area contributed by atoms with E-state index in [9.17, 15) is 0 Å². The molecule has 0 spiro atoms. The van der Waals surface area contributed by atoms with Gasteiger partial charge >= 0.3 is 0 Å². The number of hydrogen-bond acceptors (Lipinski definition) is 0. The second kappa shape index (κ2) is 9.70. The summed E-state index contributed by atoms with van der Waals surface area (Å²) < 4.78 is 0. The Hall–Kier alpha value is -0.303. The molecule has 0 nitrogen and oxygen atoms in total. The lowest BCUT2D eigenvalue weighted by molar-refractivity contribution is 0.609. The maximum Gasteiger partial charge on any atom is 0.0720 e. The first-order chi connectivity index (χ1) is 8.02. The smallest absolute Gasteiger partial charge is 0.0720 e. The van der Waals surface area contributed by atoms with Crippen LogP contribution in [0.25, 0.3) is 0 Å². The number of unbranched alkanes of at least 4 members (excludes halogenated alkanes) is 5. The van der Waals surface area contributed by atoms with Crippen molar-refractivity contribution in [2.24, 2.45) is 0 Å². The van der Waals surface area contributed by atoms with Crippen molar-refractivity contribution < 1.29 is 0 Å². The van der Waals surface area contributed by atoms with Crippen LogP contribution in [0.5, 0.6) is 0 Å². The molecule has 0 aromatic carbocycles. The molecule has 17 heavy (non-hydrogen) atoms. The summed E-state index contributed by atoms with van der Waals surface area (Å²) in [6.45, 7) is 13.5. The topological polar surface area (TPSA) is 0 Å². The monoisotopic (exact) mass is 252 g/mol. The van der Waals surface area contributed by atoms with E-state index >= 15 is 0 Å². The lowest BCUT2D eigenvalue weighted by Gasteiger charge is -2.21. The predicted molar refractivity (Wildman–Crippen MR) is 84.2 cm³/mol. The van der Waals surface area contributed by atoms with Crippen LogP contribution in [0.15, 0.2) is 23.9 Å². The first-order valence-electron chi connectivity index (χ1n) is 7.32. The Bertz CT molecular complexity index is 220. The Balaban J connectivity index is 3.89. The van der Waals surface area contributed by atoms with Gasteiger partial charge in [-0.25, -0.2) is 0 Å². The highest BCUT2D eigenvalue weighted by molar-refractivity contribution is 6.83. The lowest BCUT2D eigenvalue weighted by Crippen LogP contribution is -2.24. The van der Waals surface area contributed by atoms with E-state index in [1.165, 1.54) is 44.9 Å². The van der Waals surface area contributed by atoms with E-state index in [0.717, 1.165) is 6.42 Å². The van der Waals surface area contributed by atoms with Gasteiger partial charge in [-0.3, -0.25) is 0 Å². The summed E-state index contributed by atoms with van der Waals surface area (Å²) in [7, 11) is -1.09. The Morgan fingerprint density at radius 3 is 2.12 bits per heavy atom. The molecule has 0 radical (unpaired) electrons. The minimum Gasteiger partial charge on any atom is -0.103 e. The highest BCUT2D eigenvalue weighted by Gasteiger charge is 2.18. The van der Waals surface area contributed by atoms with Crippen LogP contribution in [-0.4, -0.2) is 8.07 Å². The summed E-state index contributed by atoms with van der Waals surface area (Å²) in [4.78, 5) is 0. The van der Waals surface area contributed by atoms with Gasteiger partial charge in [0.05, 0.1) is 8.07 Å². The summed E-state index contributed by atoms with van der Waals surface area (Å²) >= 11 is 0. The molecule has 0 rings (SSSR count). The molecule has 0 bridgehead atoms. The van der Waals surface area contributed by atoms with Crippen LogP contribution in [0.1, 0.15) is 58.3 Å². The second-order valence-electron chi connectivity index (χ2n) is 6.02. The summed E-state index contributed by atoms with van der Waals surface area (Å²) in [6.07, 6.45) is 15.2. The van der Waals surface area contributed by atoms with Crippen molar-refractivity contribution in [3.63, 3.8) is 0 Å². The van der Waals surface area contributed by atoms with Crippen LogP contribution in [0, 0.1) is 0 Å². The average molecular weight is 253 g/mol. The third kappa shape index (κ3) is 9.40. The van der Waals surface area contributed by atoms with Crippen molar-refractivity contribution in [1.82, 2.24) is 0 Å². The quantitative estimate of drug-likeness (QED) is 0.250. The minimum atomic E-state index is -1.09. The largest absolute Gasteiger partial charge is 0.103 e. The highest BCUT2D eigenvalue weighted by atomic mass is 28.3. The van der Waals surface area contributed by atoms with E-state index < -0.39 is 8.07 Å². The molecule has 100 valence electrons. The van der Waals surface area contributed by atoms with Gasteiger partial charge in [-0.1, -0.05) is 76.0 Å². The Labute approximate surface area is 110 Å². The number of allylic oxidation sites excluding steroid dienone is 3. The maximum atomic E-state index is 3.82. The second-order valence-corrected chi connectivity index (χ2v) is 11.2. The molecule has 0 fully saturated rings. The third-order valence-electron chi connectivity index (χ3n) is 3.29. The Morgan fingerprint density at radius 2 is 1.59 bits per heavy atom. The first-order valence-corrected chi connectivity index (χ1v) is 10.8. The SMILES string of the molecule is C=CC/C=C(/CCCCCCCC)[Si](C)(C)C. The lowest BCUT2D eigenvalue weighted by atomic mass is 10.1. The Morgan fingerprint density at radius 1 is 1.00 bits per heavy atom. The molecule has 0 aromatic heterocycles. The maximum absolute atomic E-state index is 3.82. The van der Waals surface area contributed by atoms with E-state index in [-0.39, 0.29) is 0 Å². The van der Waals surface area contributed by atoms with Gasteiger partial charge in [0.1, 0.15) is 0 Å². The van der Waals surface area contributed by atoms with E-state index in [4.69, 9.17) is 0 Å². The van der Waals surface area contributed by atoms with Crippen LogP contribution in [0.3, 0.4) is 0 Å². The molecular weight excluding hydrogens is 220 g/mol. The predicted octanol–water partition coefficient (Wildman–Crippen LogP) is 6.12. The normalized spacial score (nSPS) is 12.8. The molecule has 0 heterocycles. The molecule has 0 atom stereocenters. The van der Waals surface area contributed by atoms with Gasteiger partial charge in [0, 0.05) is 0 Å². The zero-order valence-corrected chi connectivity index (χ0v) is 13.5. The van der Waals surface area contributed by atoms with Gasteiger partial charge in [0.2, 0.25) is 0 Å². The summed E-state index contributed by atoms with van der Waals surface area (Å²) in [5, 5.41) is 1.74. The fourth-order valence-corrected chi connectivity index (χ4v) is 3.76. The average Bonchev–Trinajstić information content (AvgIpc) is 2.25. The van der Waals surface area contributed by atoms with Gasteiger partial charge < -0.3 is 0 Å². The van der Waals surface area contributed by atoms with Gasteiger partial charge in [-0.15, -0.1) is 6.58 Å². The van der Waals surface area contributed by atoms with E-state index in [1.54, 1.807) is 5.20 Å². The van der Waals surface area contributed by atoms with Crippen molar-refractivity contribution >= 4 is 8.07 Å². The van der Waals surface area contributed by atoms with Crippen LogP contribution in [0.2, 0.25) is 19.6 Å². The first kappa shape index (κ1) is 16.7. The summed E-state index contributed by atoms with van der Waals surface area (Å²) in [5.74, 6) is 0. The van der Waals surface area contributed by atoms with Crippen LogP contribution in [-0.2, 0) is 0 Å². The van der Waals surface area contributed by atoms with Crippen molar-refractivity contribution in [1.29, 1.82) is 0 Å². The molecule has 0 N–H and O–H groups in total. The van der Waals surface area contributed by atoms with Crippen molar-refractivity contribution in [2.75, 3.05) is 0 Å². The molecule has 0 aliphatic rings. The molecule has 0 unspecified atom stereocenters. The molecule has 0 saturated heterocycles. The molecule has 0 aromatic rings. The van der Waals surface area contributed by atoms with E-state index in [1.807, 2.05) is 6.08 Å². The molecular formula is C16H32Si. The van der Waals surface area contributed by atoms with Crippen molar-refractivity contribution in [3.8, 4) is 0 Å².